The molecule has 0 saturated carbocycles. The van der Waals surface area contributed by atoms with Gasteiger partial charge >= 0.3 is 6.09 Å². The van der Waals surface area contributed by atoms with E-state index in [0.717, 1.165) is 32.4 Å². The quantitative estimate of drug-likeness (QED) is 0.773. The summed E-state index contributed by atoms with van der Waals surface area (Å²) >= 11 is 3.28. The second kappa shape index (κ2) is 6.43. The van der Waals surface area contributed by atoms with Gasteiger partial charge in [-0.2, -0.15) is 0 Å². The molecule has 1 aliphatic rings. The number of likely N-dealkylation sites (tertiary alicyclic amines) is 1. The van der Waals surface area contributed by atoms with Crippen LogP contribution >= 0.6 is 15.9 Å². The fraction of sp³-hybridized carbons (Fsp3) is 0.769. The number of rotatable bonds is 2. The van der Waals surface area contributed by atoms with Gasteiger partial charge in [0, 0.05) is 13.1 Å². The molecule has 0 unspecified atom stereocenters. The summed E-state index contributed by atoms with van der Waals surface area (Å²) in [7, 11) is 0. The van der Waals surface area contributed by atoms with E-state index >= 15 is 0 Å². The van der Waals surface area contributed by atoms with Crippen molar-refractivity contribution < 1.29 is 9.53 Å². The molecule has 1 saturated heterocycles. The van der Waals surface area contributed by atoms with Crippen LogP contribution in [0.2, 0.25) is 0 Å². The van der Waals surface area contributed by atoms with Crippen molar-refractivity contribution in [1.29, 1.82) is 0 Å². The van der Waals surface area contributed by atoms with Gasteiger partial charge in [-0.3, -0.25) is 0 Å². The number of nitrogens with zero attached hydrogens (tertiary/aromatic N) is 1. The van der Waals surface area contributed by atoms with Crippen LogP contribution in [0.1, 0.15) is 40.0 Å². The second-order valence-corrected chi connectivity index (χ2v) is 6.04. The molecule has 1 amide bonds. The van der Waals surface area contributed by atoms with Gasteiger partial charge in [0.15, 0.2) is 0 Å². The predicted octanol–water partition coefficient (Wildman–Crippen LogP) is 3.93. The van der Waals surface area contributed by atoms with Crippen LogP contribution in [0, 0.1) is 5.92 Å². The lowest BCUT2D eigenvalue weighted by Gasteiger charge is -2.33. The van der Waals surface area contributed by atoms with E-state index in [1.54, 1.807) is 0 Å². The van der Waals surface area contributed by atoms with E-state index in [2.05, 4.69) is 22.0 Å². The highest BCUT2D eigenvalue weighted by Crippen LogP contribution is 2.22. The maximum atomic E-state index is 11.8. The van der Waals surface area contributed by atoms with Crippen LogP contribution in [0.5, 0.6) is 0 Å². The zero-order valence-electron chi connectivity index (χ0n) is 10.9. The molecule has 0 spiro atoms. The van der Waals surface area contributed by atoms with Gasteiger partial charge in [0.2, 0.25) is 0 Å². The molecule has 17 heavy (non-hydrogen) atoms. The second-order valence-electron chi connectivity index (χ2n) is 5.51. The molecule has 1 aliphatic heterocycles. The van der Waals surface area contributed by atoms with Crippen LogP contribution in [0.25, 0.3) is 0 Å². The molecule has 0 N–H and O–H groups in total. The Balaban J connectivity index is 2.34. The third-order valence-corrected chi connectivity index (χ3v) is 3.20. The largest absolute Gasteiger partial charge is 0.444 e. The molecular weight excluding hydrogens is 282 g/mol. The van der Waals surface area contributed by atoms with Crippen molar-refractivity contribution in [3.05, 3.63) is 11.1 Å². The standard InChI is InChI=1S/C13H22BrNO2/c1-13(2,3)17-12(16)15-9-6-11(7-10-15)5-4-8-14/h4,8,11H,5-7,9-10H2,1-3H3/b8-4+. The van der Waals surface area contributed by atoms with Crippen LogP contribution in [-0.4, -0.2) is 29.7 Å². The van der Waals surface area contributed by atoms with Gasteiger partial charge in [0.25, 0.3) is 0 Å². The Morgan fingerprint density at radius 2 is 2.00 bits per heavy atom. The van der Waals surface area contributed by atoms with E-state index < -0.39 is 5.60 Å². The monoisotopic (exact) mass is 303 g/mol. The summed E-state index contributed by atoms with van der Waals surface area (Å²) in [5, 5.41) is 0. The molecule has 4 heteroatoms. The van der Waals surface area contributed by atoms with Crippen molar-refractivity contribution >= 4 is 22.0 Å². The SMILES string of the molecule is CC(C)(C)OC(=O)N1CCC(C/C=C/Br)CC1. The zero-order valence-corrected chi connectivity index (χ0v) is 12.5. The van der Waals surface area contributed by atoms with Gasteiger partial charge in [0.05, 0.1) is 0 Å². The number of carbonyl (C=O) groups excluding carboxylic acids is 1. The summed E-state index contributed by atoms with van der Waals surface area (Å²) in [6.07, 6.45) is 5.18. The molecule has 0 aliphatic carbocycles. The molecule has 0 radical (unpaired) electrons. The molecule has 1 heterocycles. The average Bonchev–Trinajstić information content (AvgIpc) is 2.24. The molecule has 0 aromatic carbocycles. The lowest BCUT2D eigenvalue weighted by Crippen LogP contribution is -2.41. The first-order valence-electron chi connectivity index (χ1n) is 6.15. The van der Waals surface area contributed by atoms with E-state index in [4.69, 9.17) is 4.74 Å². The summed E-state index contributed by atoms with van der Waals surface area (Å²) in [6, 6.07) is 0. The van der Waals surface area contributed by atoms with Crippen LogP contribution < -0.4 is 0 Å². The number of halogens is 1. The Bertz CT molecular complexity index is 276. The number of hydrogen-bond acceptors (Lipinski definition) is 2. The lowest BCUT2D eigenvalue weighted by atomic mass is 9.94. The summed E-state index contributed by atoms with van der Waals surface area (Å²) < 4.78 is 5.36. The topological polar surface area (TPSA) is 29.5 Å². The van der Waals surface area contributed by atoms with Crippen LogP contribution in [0.4, 0.5) is 4.79 Å². The summed E-state index contributed by atoms with van der Waals surface area (Å²) in [5.74, 6) is 0.697. The molecule has 3 nitrogen and oxygen atoms in total. The maximum absolute atomic E-state index is 11.8. The Labute approximate surface area is 112 Å². The lowest BCUT2D eigenvalue weighted by molar-refractivity contribution is 0.0185. The van der Waals surface area contributed by atoms with Crippen molar-refractivity contribution in [3.8, 4) is 0 Å². The smallest absolute Gasteiger partial charge is 0.410 e. The van der Waals surface area contributed by atoms with E-state index in [1.165, 1.54) is 0 Å². The number of amides is 1. The number of carbonyl (C=O) groups is 1. The minimum atomic E-state index is -0.396. The zero-order chi connectivity index (χ0) is 12.9. The Morgan fingerprint density at radius 1 is 1.41 bits per heavy atom. The average molecular weight is 304 g/mol. The highest BCUT2D eigenvalue weighted by atomic mass is 79.9. The van der Waals surface area contributed by atoms with Crippen molar-refractivity contribution in [2.45, 2.75) is 45.6 Å². The molecule has 98 valence electrons. The Hall–Kier alpha value is -0.510. The van der Waals surface area contributed by atoms with Crippen molar-refractivity contribution in [2.75, 3.05) is 13.1 Å². The number of hydrogen-bond donors (Lipinski definition) is 0. The summed E-state index contributed by atoms with van der Waals surface area (Å²) in [6.45, 7) is 7.33. The fourth-order valence-corrected chi connectivity index (χ4v) is 2.14. The minimum Gasteiger partial charge on any atom is -0.444 e. The number of ether oxygens (including phenoxy) is 1. The normalized spacial score (nSPS) is 18.7. The van der Waals surface area contributed by atoms with E-state index in [-0.39, 0.29) is 6.09 Å². The molecule has 1 fully saturated rings. The fourth-order valence-electron chi connectivity index (χ4n) is 1.92. The van der Waals surface area contributed by atoms with Crippen molar-refractivity contribution in [1.82, 2.24) is 4.90 Å². The van der Waals surface area contributed by atoms with Gasteiger partial charge in [-0.15, -0.1) is 0 Å². The predicted molar refractivity (Wildman–Crippen MR) is 73.2 cm³/mol. The molecule has 0 atom stereocenters. The van der Waals surface area contributed by atoms with Crippen LogP contribution in [-0.2, 0) is 4.74 Å². The van der Waals surface area contributed by atoms with Gasteiger partial charge < -0.3 is 9.64 Å². The molecule has 0 aromatic rings. The molecule has 1 rings (SSSR count). The number of allylic oxidation sites excluding steroid dienone is 1. The van der Waals surface area contributed by atoms with Crippen molar-refractivity contribution in [3.63, 3.8) is 0 Å². The first-order valence-corrected chi connectivity index (χ1v) is 7.07. The molecule has 0 bridgehead atoms. The summed E-state index contributed by atoms with van der Waals surface area (Å²) in [4.78, 5) is 15.5. The third-order valence-electron chi connectivity index (χ3n) is 2.82. The van der Waals surface area contributed by atoms with E-state index in [0.29, 0.717) is 5.92 Å². The summed E-state index contributed by atoms with van der Waals surface area (Å²) in [5.41, 5.74) is -0.396. The minimum absolute atomic E-state index is 0.174. The Morgan fingerprint density at radius 3 is 2.47 bits per heavy atom. The third kappa shape index (κ3) is 5.57. The van der Waals surface area contributed by atoms with Gasteiger partial charge in [0.1, 0.15) is 5.60 Å². The van der Waals surface area contributed by atoms with Gasteiger partial charge in [-0.05, 0) is 50.9 Å². The van der Waals surface area contributed by atoms with Gasteiger partial charge in [-0.1, -0.05) is 22.0 Å². The first kappa shape index (κ1) is 14.6. The van der Waals surface area contributed by atoms with Crippen LogP contribution in [0.3, 0.4) is 0 Å². The van der Waals surface area contributed by atoms with Crippen molar-refractivity contribution in [2.24, 2.45) is 5.92 Å². The number of piperidine rings is 1. The molecule has 0 aromatic heterocycles. The van der Waals surface area contributed by atoms with Gasteiger partial charge in [-0.25, -0.2) is 4.79 Å². The highest BCUT2D eigenvalue weighted by Gasteiger charge is 2.26. The molecular formula is C13H22BrNO2. The van der Waals surface area contributed by atoms with E-state index in [9.17, 15) is 4.79 Å². The van der Waals surface area contributed by atoms with E-state index in [1.807, 2.05) is 30.7 Å². The highest BCUT2D eigenvalue weighted by molar-refractivity contribution is 9.11. The first-order chi connectivity index (χ1) is 7.92. The maximum Gasteiger partial charge on any atom is 0.410 e. The van der Waals surface area contributed by atoms with Crippen LogP contribution in [0.15, 0.2) is 11.1 Å². The Kier molecular flexibility index (Phi) is 5.50.